The summed E-state index contributed by atoms with van der Waals surface area (Å²) in [6.07, 6.45) is 6.39. The quantitative estimate of drug-likeness (QED) is 0.450. The molecule has 0 radical (unpaired) electrons. The van der Waals surface area contributed by atoms with E-state index in [9.17, 15) is 0 Å². The minimum absolute atomic E-state index is 0.627. The summed E-state index contributed by atoms with van der Waals surface area (Å²) in [7, 11) is 0. The zero-order valence-electron chi connectivity index (χ0n) is 13.8. The second-order valence-corrected chi connectivity index (χ2v) is 5.50. The lowest BCUT2D eigenvalue weighted by Crippen LogP contribution is -2.24. The highest BCUT2D eigenvalue weighted by atomic mass is 15.4. The van der Waals surface area contributed by atoms with Gasteiger partial charge in [-0.1, -0.05) is 0 Å². The van der Waals surface area contributed by atoms with Crippen molar-refractivity contribution in [1.29, 1.82) is 0 Å². The Morgan fingerprint density at radius 3 is 1.58 bits per heavy atom. The average Bonchev–Trinajstić information content (AvgIpc) is 2.75. The van der Waals surface area contributed by atoms with Gasteiger partial charge >= 0.3 is 0 Å². The lowest BCUT2D eigenvalue weighted by atomic mass is 10.1. The van der Waals surface area contributed by atoms with Crippen molar-refractivity contribution in [2.24, 2.45) is 5.84 Å². The number of anilines is 2. The largest absolute Gasteiger partial charge is 0.280 e. The van der Waals surface area contributed by atoms with Gasteiger partial charge in [0.15, 0.2) is 11.6 Å². The molecule has 0 amide bonds. The van der Waals surface area contributed by atoms with E-state index < -0.39 is 0 Å². The van der Waals surface area contributed by atoms with Crippen LogP contribution in [0.3, 0.4) is 0 Å². The van der Waals surface area contributed by atoms with Crippen LogP contribution >= 0.6 is 0 Å². The Balaban J connectivity index is 1.55. The summed E-state index contributed by atoms with van der Waals surface area (Å²) in [5, 5.41) is 1.62. The smallest absolute Gasteiger partial charge is 0.162 e. The standard InChI is InChI=1S/C19H15N7/c20-26(16-6-2-14(3-7-16)18-22-10-1-11-23-18)17-8-4-15(5-9-17)19-24-12-21-13-25-19/h1-13H,20H2. The van der Waals surface area contributed by atoms with Crippen LogP contribution in [-0.4, -0.2) is 24.9 Å². The number of nitrogens with zero attached hydrogens (tertiary/aromatic N) is 6. The van der Waals surface area contributed by atoms with E-state index >= 15 is 0 Å². The molecule has 0 aliphatic heterocycles. The van der Waals surface area contributed by atoms with E-state index in [0.29, 0.717) is 11.6 Å². The van der Waals surface area contributed by atoms with Gasteiger partial charge in [0, 0.05) is 23.5 Å². The number of hydrazine groups is 1. The highest BCUT2D eigenvalue weighted by Crippen LogP contribution is 2.26. The van der Waals surface area contributed by atoms with Gasteiger partial charge in [-0.3, -0.25) is 5.01 Å². The number of hydrogen-bond donors (Lipinski definition) is 1. The van der Waals surface area contributed by atoms with Crippen LogP contribution in [0, 0.1) is 0 Å². The molecule has 4 rings (SSSR count). The lowest BCUT2D eigenvalue weighted by molar-refractivity contribution is 1.05. The van der Waals surface area contributed by atoms with Crippen molar-refractivity contribution in [1.82, 2.24) is 24.9 Å². The molecule has 7 heteroatoms. The Morgan fingerprint density at radius 1 is 0.615 bits per heavy atom. The van der Waals surface area contributed by atoms with Crippen molar-refractivity contribution in [3.05, 3.63) is 79.6 Å². The van der Waals surface area contributed by atoms with E-state index in [4.69, 9.17) is 5.84 Å². The van der Waals surface area contributed by atoms with Crippen molar-refractivity contribution >= 4 is 11.4 Å². The third kappa shape index (κ3) is 3.24. The molecule has 7 nitrogen and oxygen atoms in total. The molecule has 0 aliphatic rings. The SMILES string of the molecule is NN(c1ccc(-c2ncccn2)cc1)c1ccc(-c2ncncn2)cc1. The normalized spacial score (nSPS) is 10.5. The molecule has 0 saturated carbocycles. The number of nitrogens with two attached hydrogens (primary N) is 1. The molecule has 0 saturated heterocycles. The Morgan fingerprint density at radius 2 is 1.08 bits per heavy atom. The highest BCUT2D eigenvalue weighted by Gasteiger charge is 2.07. The number of hydrogen-bond acceptors (Lipinski definition) is 7. The molecule has 2 heterocycles. The van der Waals surface area contributed by atoms with Crippen LogP contribution in [0.4, 0.5) is 11.4 Å². The molecule has 0 aliphatic carbocycles. The van der Waals surface area contributed by atoms with Gasteiger partial charge in [0.1, 0.15) is 12.7 Å². The van der Waals surface area contributed by atoms with Crippen LogP contribution in [-0.2, 0) is 0 Å². The fourth-order valence-corrected chi connectivity index (χ4v) is 2.53. The van der Waals surface area contributed by atoms with Gasteiger partial charge < -0.3 is 0 Å². The number of benzene rings is 2. The fraction of sp³-hybridized carbons (Fsp3) is 0. The first-order chi connectivity index (χ1) is 12.8. The maximum Gasteiger partial charge on any atom is 0.162 e. The van der Waals surface area contributed by atoms with Crippen LogP contribution in [0.2, 0.25) is 0 Å². The molecule has 2 N–H and O–H groups in total. The van der Waals surface area contributed by atoms with Crippen LogP contribution in [0.25, 0.3) is 22.8 Å². The van der Waals surface area contributed by atoms with Gasteiger partial charge in [-0.2, -0.15) is 0 Å². The monoisotopic (exact) mass is 341 g/mol. The minimum atomic E-state index is 0.627. The summed E-state index contributed by atoms with van der Waals surface area (Å²) >= 11 is 0. The molecule has 4 aromatic rings. The van der Waals surface area contributed by atoms with Crippen LogP contribution in [0.1, 0.15) is 0 Å². The van der Waals surface area contributed by atoms with Crippen molar-refractivity contribution in [2.45, 2.75) is 0 Å². The maximum atomic E-state index is 6.25. The van der Waals surface area contributed by atoms with E-state index in [1.165, 1.54) is 12.7 Å². The second kappa shape index (κ2) is 7.04. The topological polar surface area (TPSA) is 93.7 Å². The predicted molar refractivity (Wildman–Crippen MR) is 99.1 cm³/mol. The first-order valence-electron chi connectivity index (χ1n) is 7.96. The minimum Gasteiger partial charge on any atom is -0.280 e. The molecule has 2 aromatic carbocycles. The molecule has 0 bridgehead atoms. The lowest BCUT2D eigenvalue weighted by Gasteiger charge is -2.19. The average molecular weight is 341 g/mol. The molecule has 0 fully saturated rings. The first kappa shape index (κ1) is 15.8. The molecule has 0 spiro atoms. The molecular formula is C19H15N7. The van der Waals surface area contributed by atoms with Gasteiger partial charge in [-0.05, 0) is 54.6 Å². The predicted octanol–water partition coefficient (Wildman–Crippen LogP) is 3.01. The fourth-order valence-electron chi connectivity index (χ4n) is 2.53. The zero-order chi connectivity index (χ0) is 17.8. The van der Waals surface area contributed by atoms with E-state index in [2.05, 4.69) is 24.9 Å². The molecule has 2 aromatic heterocycles. The molecule has 0 unspecified atom stereocenters. The number of aromatic nitrogens is 5. The summed E-state index contributed by atoms with van der Waals surface area (Å²) in [6, 6.07) is 17.3. The zero-order valence-corrected chi connectivity index (χ0v) is 13.8. The summed E-state index contributed by atoms with van der Waals surface area (Å²) in [4.78, 5) is 20.6. The number of rotatable bonds is 4. The Labute approximate surface area is 150 Å². The molecule has 0 atom stereocenters. The van der Waals surface area contributed by atoms with Gasteiger partial charge in [-0.15, -0.1) is 0 Å². The molecule has 26 heavy (non-hydrogen) atoms. The van der Waals surface area contributed by atoms with Gasteiger partial charge in [0.05, 0.1) is 11.4 Å². The van der Waals surface area contributed by atoms with Crippen molar-refractivity contribution in [3.63, 3.8) is 0 Å². The Hall–Kier alpha value is -3.71. The summed E-state index contributed by atoms with van der Waals surface area (Å²) in [5.41, 5.74) is 3.55. The Kier molecular flexibility index (Phi) is 4.28. The summed E-state index contributed by atoms with van der Waals surface area (Å²) in [5.74, 6) is 7.57. The van der Waals surface area contributed by atoms with E-state index in [1.807, 2.05) is 48.5 Å². The van der Waals surface area contributed by atoms with Gasteiger partial charge in [0.2, 0.25) is 0 Å². The second-order valence-electron chi connectivity index (χ2n) is 5.50. The maximum absolute atomic E-state index is 6.25. The molecular weight excluding hydrogens is 326 g/mol. The first-order valence-corrected chi connectivity index (χ1v) is 7.96. The van der Waals surface area contributed by atoms with Crippen LogP contribution in [0.15, 0.2) is 79.6 Å². The van der Waals surface area contributed by atoms with Crippen LogP contribution in [0.5, 0.6) is 0 Å². The third-order valence-corrected chi connectivity index (χ3v) is 3.87. The van der Waals surface area contributed by atoms with Crippen molar-refractivity contribution < 1.29 is 0 Å². The van der Waals surface area contributed by atoms with Crippen molar-refractivity contribution in [2.75, 3.05) is 5.01 Å². The molecule has 126 valence electrons. The summed E-state index contributed by atoms with van der Waals surface area (Å²) in [6.45, 7) is 0. The van der Waals surface area contributed by atoms with E-state index in [1.54, 1.807) is 23.5 Å². The van der Waals surface area contributed by atoms with Gasteiger partial charge in [0.25, 0.3) is 0 Å². The van der Waals surface area contributed by atoms with E-state index in [-0.39, 0.29) is 0 Å². The van der Waals surface area contributed by atoms with Gasteiger partial charge in [-0.25, -0.2) is 30.8 Å². The van der Waals surface area contributed by atoms with Crippen LogP contribution < -0.4 is 10.9 Å². The van der Waals surface area contributed by atoms with E-state index in [0.717, 1.165) is 22.5 Å². The summed E-state index contributed by atoms with van der Waals surface area (Å²) < 4.78 is 0. The van der Waals surface area contributed by atoms with Crippen molar-refractivity contribution in [3.8, 4) is 22.8 Å². The highest BCUT2D eigenvalue weighted by molar-refractivity contribution is 5.68. The Bertz CT molecular complexity index is 889. The third-order valence-electron chi connectivity index (χ3n) is 3.87.